The van der Waals surface area contributed by atoms with Crippen LogP contribution in [0.15, 0.2) is 23.8 Å². The second-order valence-corrected chi connectivity index (χ2v) is 8.55. The van der Waals surface area contributed by atoms with Crippen LogP contribution in [0.1, 0.15) is 64.7 Å². The number of rotatable bonds is 1. The van der Waals surface area contributed by atoms with Gasteiger partial charge in [-0.3, -0.25) is 0 Å². The first kappa shape index (κ1) is 15.5. The topological polar surface area (TPSA) is 20.2 Å². The predicted molar refractivity (Wildman–Crippen MR) is 94.6 cm³/mol. The Morgan fingerprint density at radius 1 is 1.39 bits per heavy atom. The molecule has 1 heteroatoms. The normalized spacial score (nSPS) is 48.7. The average Bonchev–Trinajstić information content (AvgIpc) is 2.88. The van der Waals surface area contributed by atoms with E-state index in [0.29, 0.717) is 17.8 Å². The highest BCUT2D eigenvalue weighted by Gasteiger charge is 2.63. The van der Waals surface area contributed by atoms with Crippen LogP contribution in [0.2, 0.25) is 0 Å². The molecule has 0 aromatic rings. The first-order valence-corrected chi connectivity index (χ1v) is 9.63. The Morgan fingerprint density at radius 3 is 2.96 bits per heavy atom. The van der Waals surface area contributed by atoms with Crippen LogP contribution in [0.4, 0.5) is 0 Å². The fourth-order valence-corrected chi connectivity index (χ4v) is 6.98. The third-order valence-corrected chi connectivity index (χ3v) is 8.00. The molecule has 0 aliphatic heterocycles. The minimum Gasteiger partial charge on any atom is -0.377 e. The molecule has 0 saturated heterocycles. The molecular formula is C22H30O. The van der Waals surface area contributed by atoms with Gasteiger partial charge in [-0.15, -0.1) is 6.42 Å². The van der Waals surface area contributed by atoms with Gasteiger partial charge in [0.2, 0.25) is 0 Å². The van der Waals surface area contributed by atoms with Gasteiger partial charge in [0.1, 0.15) is 5.60 Å². The van der Waals surface area contributed by atoms with Crippen molar-refractivity contribution in [2.75, 3.05) is 0 Å². The van der Waals surface area contributed by atoms with E-state index in [-0.39, 0.29) is 5.41 Å². The molecule has 0 heterocycles. The van der Waals surface area contributed by atoms with E-state index in [1.165, 1.54) is 37.7 Å². The molecule has 3 saturated carbocycles. The fraction of sp³-hybridized carbons (Fsp3) is 0.727. The van der Waals surface area contributed by atoms with Crippen LogP contribution in [0.5, 0.6) is 0 Å². The smallest absolute Gasteiger partial charge is 0.131 e. The van der Waals surface area contributed by atoms with Crippen LogP contribution >= 0.6 is 0 Å². The molecule has 0 amide bonds. The van der Waals surface area contributed by atoms with Gasteiger partial charge in [0.25, 0.3) is 0 Å². The lowest BCUT2D eigenvalue weighted by Gasteiger charge is -2.56. The lowest BCUT2D eigenvalue weighted by atomic mass is 9.49. The first-order chi connectivity index (χ1) is 11.1. The van der Waals surface area contributed by atoms with Crippen molar-refractivity contribution in [3.05, 3.63) is 23.8 Å². The van der Waals surface area contributed by atoms with Gasteiger partial charge < -0.3 is 5.11 Å². The summed E-state index contributed by atoms with van der Waals surface area (Å²) in [6.07, 6.45) is 18.7. The van der Waals surface area contributed by atoms with Gasteiger partial charge in [-0.05, 0) is 75.0 Å². The minimum absolute atomic E-state index is 0.125. The number of terminal acetylenes is 1. The van der Waals surface area contributed by atoms with E-state index in [4.69, 9.17) is 6.42 Å². The Morgan fingerprint density at radius 2 is 2.22 bits per heavy atom. The summed E-state index contributed by atoms with van der Waals surface area (Å²) in [5.41, 5.74) is 2.06. The molecule has 1 N–H and O–H groups in total. The highest BCUT2D eigenvalue weighted by atomic mass is 16.3. The highest BCUT2D eigenvalue weighted by Crippen LogP contribution is 2.66. The summed E-state index contributed by atoms with van der Waals surface area (Å²) >= 11 is 0. The van der Waals surface area contributed by atoms with Crippen molar-refractivity contribution in [2.45, 2.75) is 70.3 Å². The van der Waals surface area contributed by atoms with E-state index in [1.54, 1.807) is 5.57 Å². The van der Waals surface area contributed by atoms with Gasteiger partial charge >= 0.3 is 0 Å². The SMILES string of the molecule is C#C[C@]1(O)CC[C@H]2[C@@H]3CC=C4CCCC[C@@H]4[C@H]3C(=C)C[C@@]21CC. The summed E-state index contributed by atoms with van der Waals surface area (Å²) < 4.78 is 0. The molecule has 4 rings (SSSR count). The second kappa shape index (κ2) is 5.25. The zero-order valence-electron chi connectivity index (χ0n) is 14.5. The van der Waals surface area contributed by atoms with Crippen LogP contribution < -0.4 is 0 Å². The van der Waals surface area contributed by atoms with Crippen LogP contribution in [0.3, 0.4) is 0 Å². The lowest BCUT2D eigenvalue weighted by molar-refractivity contribution is -0.0753. The van der Waals surface area contributed by atoms with Crippen molar-refractivity contribution in [2.24, 2.45) is 29.1 Å². The van der Waals surface area contributed by atoms with E-state index in [9.17, 15) is 5.11 Å². The van der Waals surface area contributed by atoms with Gasteiger partial charge in [0, 0.05) is 5.41 Å². The summed E-state index contributed by atoms with van der Waals surface area (Å²) in [6, 6.07) is 0. The molecule has 0 unspecified atom stereocenters. The van der Waals surface area contributed by atoms with Gasteiger partial charge in [-0.2, -0.15) is 0 Å². The quantitative estimate of drug-likeness (QED) is 0.541. The van der Waals surface area contributed by atoms with Crippen molar-refractivity contribution in [3.63, 3.8) is 0 Å². The standard InChI is InChI=1S/C22H30O/c1-4-21-14-15(3)20-17-9-7-6-8-16(17)10-11-18(20)19(21)12-13-22(21,23)5-2/h2,10,17-20,23H,3-4,6-9,11-14H2,1H3/t17-,18-,19-,20+,21-,22-/m0/s1. The molecule has 23 heavy (non-hydrogen) atoms. The maximum Gasteiger partial charge on any atom is 0.131 e. The van der Waals surface area contributed by atoms with E-state index < -0.39 is 5.60 Å². The van der Waals surface area contributed by atoms with E-state index in [0.717, 1.165) is 31.6 Å². The number of fused-ring (bicyclic) bond motifs is 5. The predicted octanol–water partition coefficient (Wildman–Crippen LogP) is 4.87. The Kier molecular flexibility index (Phi) is 3.54. The van der Waals surface area contributed by atoms with Crippen molar-refractivity contribution in [1.82, 2.24) is 0 Å². The first-order valence-electron chi connectivity index (χ1n) is 9.63. The Hall–Kier alpha value is -1.00. The van der Waals surface area contributed by atoms with E-state index >= 15 is 0 Å². The summed E-state index contributed by atoms with van der Waals surface area (Å²) in [7, 11) is 0. The number of allylic oxidation sites excluding steroid dienone is 3. The van der Waals surface area contributed by atoms with Crippen LogP contribution in [0.25, 0.3) is 0 Å². The van der Waals surface area contributed by atoms with Crippen molar-refractivity contribution >= 4 is 0 Å². The summed E-state index contributed by atoms with van der Waals surface area (Å²) in [6.45, 7) is 6.76. The van der Waals surface area contributed by atoms with Gasteiger partial charge in [0.05, 0.1) is 0 Å². The van der Waals surface area contributed by atoms with Crippen molar-refractivity contribution in [1.29, 1.82) is 0 Å². The molecule has 0 aromatic heterocycles. The number of hydrogen-bond acceptors (Lipinski definition) is 1. The summed E-state index contributed by atoms with van der Waals surface area (Å²) in [5.74, 6) is 5.43. The summed E-state index contributed by atoms with van der Waals surface area (Å²) in [4.78, 5) is 0. The van der Waals surface area contributed by atoms with Crippen LogP contribution in [-0.2, 0) is 0 Å². The second-order valence-electron chi connectivity index (χ2n) is 8.55. The zero-order valence-corrected chi connectivity index (χ0v) is 14.5. The highest BCUT2D eigenvalue weighted by molar-refractivity contribution is 5.33. The summed E-state index contributed by atoms with van der Waals surface area (Å²) in [5, 5.41) is 11.2. The largest absolute Gasteiger partial charge is 0.377 e. The molecule has 0 radical (unpaired) electrons. The maximum absolute atomic E-state index is 11.2. The lowest BCUT2D eigenvalue weighted by Crippen LogP contribution is -2.53. The maximum atomic E-state index is 11.2. The van der Waals surface area contributed by atoms with E-state index in [2.05, 4.69) is 25.5 Å². The molecule has 0 bridgehead atoms. The zero-order chi connectivity index (χ0) is 16.2. The van der Waals surface area contributed by atoms with Crippen molar-refractivity contribution < 1.29 is 5.11 Å². The van der Waals surface area contributed by atoms with Gasteiger partial charge in [-0.25, -0.2) is 0 Å². The molecule has 4 aliphatic carbocycles. The average molecular weight is 310 g/mol. The van der Waals surface area contributed by atoms with Gasteiger partial charge in [0.15, 0.2) is 0 Å². The third-order valence-electron chi connectivity index (χ3n) is 8.00. The Bertz CT molecular complexity index is 594. The Labute approximate surface area is 141 Å². The molecule has 0 spiro atoms. The molecule has 0 aromatic carbocycles. The molecule has 4 aliphatic rings. The van der Waals surface area contributed by atoms with Crippen LogP contribution in [-0.4, -0.2) is 10.7 Å². The minimum atomic E-state index is -0.920. The number of hydrogen-bond donors (Lipinski definition) is 1. The molecule has 124 valence electrons. The molecule has 3 fully saturated rings. The molecular weight excluding hydrogens is 280 g/mol. The number of aliphatic hydroxyl groups is 1. The monoisotopic (exact) mass is 310 g/mol. The van der Waals surface area contributed by atoms with E-state index in [1.807, 2.05) is 0 Å². The molecule has 6 atom stereocenters. The Balaban J connectivity index is 1.75. The third kappa shape index (κ3) is 1.91. The molecule has 1 nitrogen and oxygen atoms in total. The van der Waals surface area contributed by atoms with Crippen LogP contribution in [0, 0.1) is 41.4 Å². The fourth-order valence-electron chi connectivity index (χ4n) is 6.98. The van der Waals surface area contributed by atoms with Crippen molar-refractivity contribution in [3.8, 4) is 12.3 Å². The van der Waals surface area contributed by atoms with Gasteiger partial charge in [-0.1, -0.05) is 43.1 Å².